The third-order valence-electron chi connectivity index (χ3n) is 3.60. The highest BCUT2D eigenvalue weighted by atomic mass is 32.2. The van der Waals surface area contributed by atoms with Crippen molar-refractivity contribution in [1.82, 2.24) is 9.62 Å². The highest BCUT2D eigenvalue weighted by Gasteiger charge is 2.29. The minimum absolute atomic E-state index is 0.0754. The first-order valence-electron chi connectivity index (χ1n) is 6.13. The van der Waals surface area contributed by atoms with Crippen molar-refractivity contribution in [3.05, 3.63) is 0 Å². The van der Waals surface area contributed by atoms with Crippen molar-refractivity contribution < 1.29 is 13.2 Å². The number of ether oxygens (including phenoxy) is 1. The van der Waals surface area contributed by atoms with Gasteiger partial charge < -0.3 is 10.1 Å². The van der Waals surface area contributed by atoms with Crippen LogP contribution >= 0.6 is 0 Å². The zero-order chi connectivity index (χ0) is 12.9. The van der Waals surface area contributed by atoms with Gasteiger partial charge in [-0.25, -0.2) is 12.7 Å². The van der Waals surface area contributed by atoms with Crippen molar-refractivity contribution >= 4 is 10.0 Å². The highest BCUT2D eigenvalue weighted by Crippen LogP contribution is 2.24. The van der Waals surface area contributed by atoms with Gasteiger partial charge in [0.25, 0.3) is 0 Å². The minimum Gasteiger partial charge on any atom is -0.384 e. The first kappa shape index (κ1) is 14.9. The fourth-order valence-corrected chi connectivity index (χ4v) is 3.62. The molecule has 0 bridgehead atoms. The molecular formula is C11H24N2O3S. The molecule has 1 aliphatic carbocycles. The van der Waals surface area contributed by atoms with Crippen LogP contribution in [0.15, 0.2) is 0 Å². The molecule has 0 spiro atoms. The summed E-state index contributed by atoms with van der Waals surface area (Å²) in [5.74, 6) is 0.0754. The van der Waals surface area contributed by atoms with Gasteiger partial charge in [0, 0.05) is 26.2 Å². The predicted octanol–water partition coefficient (Wildman–Crippen LogP) is 0.425. The SMILES string of the molecule is CNC1CCC(N(C)S(=O)(=O)CCOC)CC1. The Morgan fingerprint density at radius 2 is 1.88 bits per heavy atom. The average Bonchev–Trinajstić information content (AvgIpc) is 2.35. The van der Waals surface area contributed by atoms with E-state index in [1.54, 1.807) is 7.05 Å². The Bertz CT molecular complexity index is 311. The van der Waals surface area contributed by atoms with Crippen molar-refractivity contribution in [2.45, 2.75) is 37.8 Å². The molecular weight excluding hydrogens is 240 g/mol. The van der Waals surface area contributed by atoms with Crippen molar-refractivity contribution in [1.29, 1.82) is 0 Å². The van der Waals surface area contributed by atoms with Crippen molar-refractivity contribution in [3.63, 3.8) is 0 Å². The molecule has 0 aromatic carbocycles. The second-order valence-corrected chi connectivity index (χ2v) is 6.77. The van der Waals surface area contributed by atoms with Crippen LogP contribution in [-0.2, 0) is 14.8 Å². The summed E-state index contributed by atoms with van der Waals surface area (Å²) >= 11 is 0. The van der Waals surface area contributed by atoms with Gasteiger partial charge in [-0.2, -0.15) is 0 Å². The van der Waals surface area contributed by atoms with E-state index in [1.807, 2.05) is 7.05 Å². The number of nitrogens with zero attached hydrogens (tertiary/aromatic N) is 1. The number of methoxy groups -OCH3 is 1. The normalized spacial score (nSPS) is 26.4. The largest absolute Gasteiger partial charge is 0.384 e. The second kappa shape index (κ2) is 6.68. The summed E-state index contributed by atoms with van der Waals surface area (Å²) < 4.78 is 30.3. The molecule has 0 heterocycles. The molecule has 102 valence electrons. The molecule has 0 aliphatic heterocycles. The van der Waals surface area contributed by atoms with Crippen molar-refractivity contribution in [2.24, 2.45) is 0 Å². The lowest BCUT2D eigenvalue weighted by Gasteiger charge is -2.33. The molecule has 17 heavy (non-hydrogen) atoms. The summed E-state index contributed by atoms with van der Waals surface area (Å²) in [6, 6.07) is 0.697. The predicted molar refractivity (Wildman–Crippen MR) is 68.5 cm³/mol. The van der Waals surface area contributed by atoms with Crippen LogP contribution in [0.25, 0.3) is 0 Å². The van der Waals surface area contributed by atoms with E-state index in [2.05, 4.69) is 5.32 Å². The van der Waals surface area contributed by atoms with Gasteiger partial charge in [0.1, 0.15) is 0 Å². The number of nitrogens with one attached hydrogen (secondary N) is 1. The van der Waals surface area contributed by atoms with E-state index in [0.29, 0.717) is 6.04 Å². The Kier molecular flexibility index (Phi) is 5.85. The molecule has 0 atom stereocenters. The maximum atomic E-state index is 12.0. The lowest BCUT2D eigenvalue weighted by molar-refractivity contribution is 0.212. The van der Waals surface area contributed by atoms with Crippen LogP contribution in [0, 0.1) is 0 Å². The molecule has 1 saturated carbocycles. The quantitative estimate of drug-likeness (QED) is 0.755. The van der Waals surface area contributed by atoms with Crippen LogP contribution in [0.1, 0.15) is 25.7 Å². The van der Waals surface area contributed by atoms with Gasteiger partial charge in [-0.3, -0.25) is 0 Å². The molecule has 1 fully saturated rings. The Hall–Kier alpha value is -0.170. The Morgan fingerprint density at radius 1 is 1.29 bits per heavy atom. The number of hydrogen-bond donors (Lipinski definition) is 1. The first-order chi connectivity index (χ1) is 8.01. The van der Waals surface area contributed by atoms with Crippen LogP contribution in [0.4, 0.5) is 0 Å². The van der Waals surface area contributed by atoms with Gasteiger partial charge in [0.2, 0.25) is 10.0 Å². The van der Waals surface area contributed by atoms with E-state index in [9.17, 15) is 8.42 Å². The van der Waals surface area contributed by atoms with Gasteiger partial charge >= 0.3 is 0 Å². The van der Waals surface area contributed by atoms with E-state index in [-0.39, 0.29) is 18.4 Å². The molecule has 5 nitrogen and oxygen atoms in total. The molecule has 0 saturated heterocycles. The summed E-state index contributed by atoms with van der Waals surface area (Å²) in [6.45, 7) is 0.262. The van der Waals surface area contributed by atoms with Crippen molar-refractivity contribution in [2.75, 3.05) is 33.6 Å². The number of rotatable bonds is 6. The lowest BCUT2D eigenvalue weighted by Crippen LogP contribution is -2.43. The van der Waals surface area contributed by atoms with Crippen LogP contribution in [0.5, 0.6) is 0 Å². The summed E-state index contributed by atoms with van der Waals surface area (Å²) in [5, 5.41) is 3.25. The molecule has 0 aromatic heterocycles. The van der Waals surface area contributed by atoms with Crippen LogP contribution in [0.3, 0.4) is 0 Å². The zero-order valence-electron chi connectivity index (χ0n) is 11.0. The molecule has 0 aromatic rings. The fraction of sp³-hybridized carbons (Fsp3) is 1.00. The van der Waals surface area contributed by atoms with Gasteiger partial charge in [0.15, 0.2) is 0 Å². The second-order valence-electron chi connectivity index (χ2n) is 4.62. The molecule has 1 N–H and O–H groups in total. The molecule has 1 rings (SSSR count). The topological polar surface area (TPSA) is 58.6 Å². The highest BCUT2D eigenvalue weighted by molar-refractivity contribution is 7.89. The summed E-state index contributed by atoms with van der Waals surface area (Å²) in [4.78, 5) is 0. The van der Waals surface area contributed by atoms with Crippen LogP contribution < -0.4 is 5.32 Å². The molecule has 6 heteroatoms. The third kappa shape index (κ3) is 4.21. The monoisotopic (exact) mass is 264 g/mol. The standard InChI is InChI=1S/C11H24N2O3S/c1-12-10-4-6-11(7-5-10)13(2)17(14,15)9-8-16-3/h10-12H,4-9H2,1-3H3. The van der Waals surface area contributed by atoms with Gasteiger partial charge in [0.05, 0.1) is 12.4 Å². The molecule has 1 aliphatic rings. The zero-order valence-corrected chi connectivity index (χ0v) is 11.8. The summed E-state index contributed by atoms with van der Waals surface area (Å²) in [6.07, 6.45) is 3.97. The summed E-state index contributed by atoms with van der Waals surface area (Å²) in [7, 11) is 2.02. The smallest absolute Gasteiger partial charge is 0.216 e. The van der Waals surface area contributed by atoms with E-state index in [4.69, 9.17) is 4.74 Å². The number of hydrogen-bond acceptors (Lipinski definition) is 4. The third-order valence-corrected chi connectivity index (χ3v) is 5.46. The lowest BCUT2D eigenvalue weighted by atomic mass is 9.91. The first-order valence-corrected chi connectivity index (χ1v) is 7.74. The maximum Gasteiger partial charge on any atom is 0.216 e. The van der Waals surface area contributed by atoms with E-state index >= 15 is 0 Å². The summed E-state index contributed by atoms with van der Waals surface area (Å²) in [5.41, 5.74) is 0. The Labute approximate surface area is 105 Å². The molecule has 0 amide bonds. The van der Waals surface area contributed by atoms with E-state index < -0.39 is 10.0 Å². The Balaban J connectivity index is 2.50. The maximum absolute atomic E-state index is 12.0. The fourth-order valence-electron chi connectivity index (χ4n) is 2.29. The minimum atomic E-state index is -3.16. The van der Waals surface area contributed by atoms with Crippen molar-refractivity contribution in [3.8, 4) is 0 Å². The molecule has 0 unspecified atom stereocenters. The number of sulfonamides is 1. The van der Waals surface area contributed by atoms with E-state index in [1.165, 1.54) is 11.4 Å². The molecule has 0 radical (unpaired) electrons. The van der Waals surface area contributed by atoms with Crippen LogP contribution in [-0.4, -0.2) is 58.4 Å². The average molecular weight is 264 g/mol. The van der Waals surface area contributed by atoms with Gasteiger partial charge in [-0.15, -0.1) is 0 Å². The Morgan fingerprint density at radius 3 is 2.35 bits per heavy atom. The van der Waals surface area contributed by atoms with E-state index in [0.717, 1.165) is 25.7 Å². The van der Waals surface area contributed by atoms with Gasteiger partial charge in [-0.1, -0.05) is 0 Å². The van der Waals surface area contributed by atoms with Gasteiger partial charge in [-0.05, 0) is 32.7 Å². The van der Waals surface area contributed by atoms with Crippen LogP contribution in [0.2, 0.25) is 0 Å².